The van der Waals surface area contributed by atoms with E-state index in [9.17, 15) is 14.7 Å². The zero-order valence-corrected chi connectivity index (χ0v) is 12.1. The van der Waals surface area contributed by atoms with E-state index in [0.29, 0.717) is 28.7 Å². The van der Waals surface area contributed by atoms with Crippen LogP contribution in [0.2, 0.25) is 0 Å². The molecule has 2 atom stereocenters. The van der Waals surface area contributed by atoms with Crippen molar-refractivity contribution in [3.05, 3.63) is 28.2 Å². The van der Waals surface area contributed by atoms with Crippen LogP contribution in [0.1, 0.15) is 23.7 Å². The molecular weight excluding hydrogens is 312 g/mol. The molecule has 0 saturated carbocycles. The van der Waals surface area contributed by atoms with E-state index in [1.54, 1.807) is 18.2 Å². The van der Waals surface area contributed by atoms with E-state index in [4.69, 9.17) is 5.73 Å². The number of carboxylic acid groups (broad SMARTS) is 1. The maximum atomic E-state index is 12.4. The highest BCUT2D eigenvalue weighted by molar-refractivity contribution is 9.10. The zero-order chi connectivity index (χ0) is 14.2. The lowest BCUT2D eigenvalue weighted by atomic mass is 10.0. The SMILES string of the molecule is CC1CCN(C(=O)c2cc(N)cc(Br)c2)C1C(=O)O. The number of amides is 1. The molecule has 0 radical (unpaired) electrons. The number of anilines is 1. The third-order valence-corrected chi connectivity index (χ3v) is 3.84. The average Bonchev–Trinajstić information content (AvgIpc) is 2.68. The lowest BCUT2D eigenvalue weighted by Crippen LogP contribution is -2.42. The number of likely N-dealkylation sites (tertiary alicyclic amines) is 1. The summed E-state index contributed by atoms with van der Waals surface area (Å²) < 4.78 is 0.704. The first-order chi connectivity index (χ1) is 8.90. The molecule has 1 aliphatic heterocycles. The highest BCUT2D eigenvalue weighted by Gasteiger charge is 2.39. The normalized spacial score (nSPS) is 22.5. The van der Waals surface area contributed by atoms with Crippen LogP contribution in [0, 0.1) is 5.92 Å². The first kappa shape index (κ1) is 13.9. The van der Waals surface area contributed by atoms with Gasteiger partial charge in [-0.1, -0.05) is 22.9 Å². The van der Waals surface area contributed by atoms with Crippen LogP contribution in [-0.4, -0.2) is 34.5 Å². The summed E-state index contributed by atoms with van der Waals surface area (Å²) in [5.74, 6) is -1.28. The van der Waals surface area contributed by atoms with Gasteiger partial charge < -0.3 is 15.7 Å². The predicted octanol–water partition coefficient (Wildman–Crippen LogP) is 1.97. The predicted molar refractivity (Wildman–Crippen MR) is 74.8 cm³/mol. The van der Waals surface area contributed by atoms with Crippen LogP contribution in [-0.2, 0) is 4.79 Å². The number of halogens is 1. The van der Waals surface area contributed by atoms with E-state index in [2.05, 4.69) is 15.9 Å². The average molecular weight is 327 g/mol. The number of carbonyl (C=O) groups is 2. The smallest absolute Gasteiger partial charge is 0.326 e. The van der Waals surface area contributed by atoms with Gasteiger partial charge in [-0.25, -0.2) is 4.79 Å². The molecule has 2 rings (SSSR count). The van der Waals surface area contributed by atoms with Crippen molar-refractivity contribution in [1.29, 1.82) is 0 Å². The Morgan fingerprint density at radius 3 is 2.68 bits per heavy atom. The molecule has 2 unspecified atom stereocenters. The van der Waals surface area contributed by atoms with Gasteiger partial charge in [0.15, 0.2) is 0 Å². The number of carbonyl (C=O) groups excluding carboxylic acids is 1. The number of benzene rings is 1. The quantitative estimate of drug-likeness (QED) is 0.814. The number of carboxylic acids is 1. The number of rotatable bonds is 2. The number of hydrogen-bond donors (Lipinski definition) is 2. The molecule has 1 aliphatic rings. The van der Waals surface area contributed by atoms with Crippen LogP contribution in [0.3, 0.4) is 0 Å². The number of hydrogen-bond acceptors (Lipinski definition) is 3. The standard InChI is InChI=1S/C13H15BrN2O3/c1-7-2-3-16(11(7)13(18)19)12(17)8-4-9(14)6-10(15)5-8/h4-7,11H,2-3,15H2,1H3,(H,18,19). The van der Waals surface area contributed by atoms with Crippen molar-refractivity contribution in [3.8, 4) is 0 Å². The lowest BCUT2D eigenvalue weighted by Gasteiger charge is -2.23. The Hall–Kier alpha value is -1.56. The molecular formula is C13H15BrN2O3. The number of nitrogens with two attached hydrogens (primary N) is 1. The minimum Gasteiger partial charge on any atom is -0.480 e. The molecule has 3 N–H and O–H groups in total. The fraction of sp³-hybridized carbons (Fsp3) is 0.385. The van der Waals surface area contributed by atoms with Crippen molar-refractivity contribution in [3.63, 3.8) is 0 Å². The van der Waals surface area contributed by atoms with Gasteiger partial charge >= 0.3 is 5.97 Å². The van der Waals surface area contributed by atoms with Gasteiger partial charge in [-0.3, -0.25) is 4.79 Å². The van der Waals surface area contributed by atoms with Gasteiger partial charge in [0.2, 0.25) is 0 Å². The van der Waals surface area contributed by atoms with Crippen molar-refractivity contribution >= 4 is 33.5 Å². The molecule has 6 heteroatoms. The zero-order valence-electron chi connectivity index (χ0n) is 10.5. The van der Waals surface area contributed by atoms with Crippen molar-refractivity contribution in [2.45, 2.75) is 19.4 Å². The summed E-state index contributed by atoms with van der Waals surface area (Å²) in [7, 11) is 0. The first-order valence-electron chi connectivity index (χ1n) is 6.00. The second-order valence-corrected chi connectivity index (χ2v) is 5.74. The second-order valence-electron chi connectivity index (χ2n) is 4.82. The van der Waals surface area contributed by atoms with Gasteiger partial charge in [0.1, 0.15) is 6.04 Å². The minimum atomic E-state index is -0.957. The van der Waals surface area contributed by atoms with E-state index in [1.807, 2.05) is 6.92 Å². The highest BCUT2D eigenvalue weighted by Crippen LogP contribution is 2.27. The van der Waals surface area contributed by atoms with Gasteiger partial charge in [0.05, 0.1) is 0 Å². The molecule has 1 heterocycles. The van der Waals surface area contributed by atoms with E-state index < -0.39 is 12.0 Å². The van der Waals surface area contributed by atoms with Gasteiger partial charge in [-0.05, 0) is 30.5 Å². The Balaban J connectivity index is 2.31. The Kier molecular flexibility index (Phi) is 3.80. The summed E-state index contributed by atoms with van der Waals surface area (Å²) in [5.41, 5.74) is 6.58. The van der Waals surface area contributed by atoms with Crippen molar-refractivity contribution in [1.82, 2.24) is 4.90 Å². The molecule has 1 aromatic rings. The molecule has 102 valence electrons. The Morgan fingerprint density at radius 1 is 1.42 bits per heavy atom. The van der Waals surface area contributed by atoms with E-state index in [0.717, 1.165) is 0 Å². The van der Waals surface area contributed by atoms with Gasteiger partial charge in [0.25, 0.3) is 5.91 Å². The van der Waals surface area contributed by atoms with Gasteiger partial charge in [-0.2, -0.15) is 0 Å². The molecule has 0 spiro atoms. The molecule has 19 heavy (non-hydrogen) atoms. The van der Waals surface area contributed by atoms with Crippen LogP contribution in [0.4, 0.5) is 5.69 Å². The minimum absolute atomic E-state index is 0.0362. The summed E-state index contributed by atoms with van der Waals surface area (Å²) in [4.78, 5) is 25.1. The van der Waals surface area contributed by atoms with Crippen molar-refractivity contribution in [2.75, 3.05) is 12.3 Å². The molecule has 5 nitrogen and oxygen atoms in total. The maximum absolute atomic E-state index is 12.4. The first-order valence-corrected chi connectivity index (χ1v) is 6.79. The molecule has 0 aliphatic carbocycles. The Bertz CT molecular complexity index is 512. The molecule has 0 bridgehead atoms. The fourth-order valence-corrected chi connectivity index (χ4v) is 2.96. The number of aliphatic carboxylic acids is 1. The van der Waals surface area contributed by atoms with Gasteiger partial charge in [0, 0.05) is 22.3 Å². The second kappa shape index (κ2) is 5.21. The Morgan fingerprint density at radius 2 is 2.11 bits per heavy atom. The van der Waals surface area contributed by atoms with Crippen LogP contribution in [0.25, 0.3) is 0 Å². The van der Waals surface area contributed by atoms with E-state index >= 15 is 0 Å². The monoisotopic (exact) mass is 326 g/mol. The third kappa shape index (κ3) is 2.73. The maximum Gasteiger partial charge on any atom is 0.326 e. The summed E-state index contributed by atoms with van der Waals surface area (Å²) in [6.45, 7) is 2.31. The summed E-state index contributed by atoms with van der Waals surface area (Å²) in [6.07, 6.45) is 0.701. The largest absolute Gasteiger partial charge is 0.480 e. The number of nitrogen functional groups attached to an aromatic ring is 1. The van der Waals surface area contributed by atoms with Crippen LogP contribution in [0.15, 0.2) is 22.7 Å². The van der Waals surface area contributed by atoms with Crippen LogP contribution >= 0.6 is 15.9 Å². The summed E-state index contributed by atoms with van der Waals surface area (Å²) >= 11 is 3.28. The van der Waals surface area contributed by atoms with E-state index in [1.165, 1.54) is 4.90 Å². The van der Waals surface area contributed by atoms with Crippen molar-refractivity contribution in [2.24, 2.45) is 5.92 Å². The molecule has 1 amide bonds. The number of nitrogens with zero attached hydrogens (tertiary/aromatic N) is 1. The lowest BCUT2D eigenvalue weighted by molar-refractivity contribution is -0.142. The van der Waals surface area contributed by atoms with Crippen LogP contribution < -0.4 is 5.73 Å². The molecule has 1 saturated heterocycles. The summed E-state index contributed by atoms with van der Waals surface area (Å²) in [5, 5.41) is 9.23. The van der Waals surface area contributed by atoms with Gasteiger partial charge in [-0.15, -0.1) is 0 Å². The molecule has 1 fully saturated rings. The topological polar surface area (TPSA) is 83.6 Å². The third-order valence-electron chi connectivity index (χ3n) is 3.38. The van der Waals surface area contributed by atoms with Crippen LogP contribution in [0.5, 0.6) is 0 Å². The van der Waals surface area contributed by atoms with E-state index in [-0.39, 0.29) is 11.8 Å². The Labute approximate surface area is 119 Å². The summed E-state index contributed by atoms with van der Waals surface area (Å²) in [6, 6.07) is 4.15. The molecule has 0 aromatic heterocycles. The van der Waals surface area contributed by atoms with Crippen molar-refractivity contribution < 1.29 is 14.7 Å². The highest BCUT2D eigenvalue weighted by atomic mass is 79.9. The fourth-order valence-electron chi connectivity index (χ4n) is 2.45. The molecule has 1 aromatic carbocycles.